The minimum atomic E-state index is -0.553. The lowest BCUT2D eigenvalue weighted by molar-refractivity contribution is -0.136. The first-order valence-corrected chi connectivity index (χ1v) is 10.8. The number of benzene rings is 1. The Bertz CT molecular complexity index is 854. The van der Waals surface area contributed by atoms with Crippen LogP contribution in [0, 0.1) is 11.8 Å². The Labute approximate surface area is 170 Å². The summed E-state index contributed by atoms with van der Waals surface area (Å²) in [5, 5.41) is 9.65. The number of carbonyl (C=O) groups is 3. The normalized spacial score (nSPS) is 31.6. The van der Waals surface area contributed by atoms with Crippen molar-refractivity contribution in [1.29, 1.82) is 0 Å². The van der Waals surface area contributed by atoms with E-state index < -0.39 is 6.04 Å². The van der Waals surface area contributed by atoms with E-state index in [1.165, 1.54) is 24.8 Å². The summed E-state index contributed by atoms with van der Waals surface area (Å²) >= 11 is 0. The number of hydrogen-bond acceptors (Lipinski definition) is 5. The predicted octanol–water partition coefficient (Wildman–Crippen LogP) is 0.925. The highest BCUT2D eigenvalue weighted by Gasteiger charge is 2.39. The molecule has 29 heavy (non-hydrogen) atoms. The fourth-order valence-electron chi connectivity index (χ4n) is 5.59. The monoisotopic (exact) mass is 396 g/mol. The van der Waals surface area contributed by atoms with E-state index in [2.05, 4.69) is 22.0 Å². The van der Waals surface area contributed by atoms with Gasteiger partial charge in [-0.05, 0) is 61.4 Å². The number of amides is 3. The molecule has 3 N–H and O–H groups in total. The van der Waals surface area contributed by atoms with Gasteiger partial charge in [-0.25, -0.2) is 0 Å². The number of imide groups is 1. The van der Waals surface area contributed by atoms with Gasteiger partial charge in [-0.15, -0.1) is 0 Å². The zero-order valence-electron chi connectivity index (χ0n) is 16.6. The summed E-state index contributed by atoms with van der Waals surface area (Å²) in [6.07, 6.45) is 4.55. The van der Waals surface area contributed by atoms with Crippen molar-refractivity contribution in [3.63, 3.8) is 0 Å². The molecule has 1 aromatic rings. The Kier molecular flexibility index (Phi) is 4.87. The molecule has 1 aromatic carbocycles. The maximum absolute atomic E-state index is 12.8. The quantitative estimate of drug-likeness (QED) is 0.659. The fourth-order valence-corrected chi connectivity index (χ4v) is 5.59. The fraction of sp³-hybridized carbons (Fsp3) is 0.591. The zero-order chi connectivity index (χ0) is 20.0. The first kappa shape index (κ1) is 18.8. The van der Waals surface area contributed by atoms with E-state index in [0.717, 1.165) is 37.0 Å². The molecule has 7 heteroatoms. The minimum Gasteiger partial charge on any atom is -0.322 e. The average Bonchev–Trinajstić information content (AvgIpc) is 3.31. The average molecular weight is 396 g/mol. The molecule has 154 valence electrons. The molecule has 3 heterocycles. The molecule has 0 spiro atoms. The van der Waals surface area contributed by atoms with E-state index in [4.69, 9.17) is 0 Å². The van der Waals surface area contributed by atoms with Gasteiger partial charge in [0.2, 0.25) is 11.8 Å². The molecular weight excluding hydrogens is 368 g/mol. The van der Waals surface area contributed by atoms with E-state index in [1.807, 2.05) is 12.1 Å². The van der Waals surface area contributed by atoms with Gasteiger partial charge in [0.15, 0.2) is 0 Å². The zero-order valence-corrected chi connectivity index (χ0v) is 16.6. The van der Waals surface area contributed by atoms with Crippen LogP contribution in [0.2, 0.25) is 0 Å². The van der Waals surface area contributed by atoms with Crippen LogP contribution in [-0.2, 0) is 22.7 Å². The Hall–Kier alpha value is -2.25. The third-order valence-corrected chi connectivity index (χ3v) is 7.16. The molecule has 3 aliphatic heterocycles. The highest BCUT2D eigenvalue weighted by molar-refractivity contribution is 6.05. The van der Waals surface area contributed by atoms with E-state index in [-0.39, 0.29) is 24.1 Å². The summed E-state index contributed by atoms with van der Waals surface area (Å²) in [5.74, 6) is 0.803. The Morgan fingerprint density at radius 3 is 2.86 bits per heavy atom. The molecule has 1 aliphatic carbocycles. The smallest absolute Gasteiger partial charge is 0.255 e. The van der Waals surface area contributed by atoms with Gasteiger partial charge in [-0.1, -0.05) is 18.6 Å². The lowest BCUT2D eigenvalue weighted by Crippen LogP contribution is -2.52. The van der Waals surface area contributed by atoms with Crippen molar-refractivity contribution in [1.82, 2.24) is 20.9 Å². The van der Waals surface area contributed by atoms with Gasteiger partial charge in [0.25, 0.3) is 5.91 Å². The predicted molar refractivity (Wildman–Crippen MR) is 107 cm³/mol. The molecule has 5 rings (SSSR count). The van der Waals surface area contributed by atoms with Crippen molar-refractivity contribution in [2.24, 2.45) is 11.8 Å². The molecule has 3 fully saturated rings. The number of fused-ring (bicyclic) bond motifs is 2. The highest BCUT2D eigenvalue weighted by atomic mass is 16.2. The van der Waals surface area contributed by atoms with Crippen LogP contribution in [0.4, 0.5) is 0 Å². The number of carbonyl (C=O) groups excluding carboxylic acids is 3. The maximum atomic E-state index is 12.8. The van der Waals surface area contributed by atoms with Crippen LogP contribution in [0.25, 0.3) is 0 Å². The molecule has 4 unspecified atom stereocenters. The van der Waals surface area contributed by atoms with Crippen molar-refractivity contribution < 1.29 is 14.4 Å². The molecule has 1 saturated carbocycles. The third kappa shape index (κ3) is 3.46. The molecular formula is C22H28N4O3. The number of rotatable bonds is 4. The van der Waals surface area contributed by atoms with Gasteiger partial charge >= 0.3 is 0 Å². The minimum absolute atomic E-state index is 0.110. The Morgan fingerprint density at radius 1 is 1.10 bits per heavy atom. The highest BCUT2D eigenvalue weighted by Crippen LogP contribution is 2.33. The molecule has 4 atom stereocenters. The second kappa shape index (κ2) is 7.54. The standard InChI is InChI=1S/C22H28N4O3/c27-20-7-6-19(21(28)25-20)26-12-15-8-13(4-5-16(15)22(26)29)9-24-18-3-1-2-14-10-23-11-17(14)18/h4-5,8,14,17-19,23-24H,1-3,6-7,9-12H2,(H,25,27,28). The molecule has 7 nitrogen and oxygen atoms in total. The van der Waals surface area contributed by atoms with E-state index >= 15 is 0 Å². The molecule has 0 aromatic heterocycles. The molecule has 2 saturated heterocycles. The molecule has 0 bridgehead atoms. The first-order chi connectivity index (χ1) is 14.1. The second-order valence-electron chi connectivity index (χ2n) is 8.89. The van der Waals surface area contributed by atoms with Gasteiger partial charge in [0.1, 0.15) is 6.04 Å². The van der Waals surface area contributed by atoms with Crippen LogP contribution >= 0.6 is 0 Å². The van der Waals surface area contributed by atoms with Crippen LogP contribution in [0.3, 0.4) is 0 Å². The Balaban J connectivity index is 1.25. The summed E-state index contributed by atoms with van der Waals surface area (Å²) in [5.41, 5.74) is 2.83. The SMILES string of the molecule is O=C1CCC(N2Cc3cc(CNC4CCCC5CNCC54)ccc3C2=O)C(=O)N1. The largest absolute Gasteiger partial charge is 0.322 e. The second-order valence-corrected chi connectivity index (χ2v) is 8.89. The third-order valence-electron chi connectivity index (χ3n) is 7.16. The van der Waals surface area contributed by atoms with E-state index in [1.54, 1.807) is 4.90 Å². The number of hydrogen-bond donors (Lipinski definition) is 3. The summed E-state index contributed by atoms with van der Waals surface area (Å²) in [6.45, 7) is 3.50. The summed E-state index contributed by atoms with van der Waals surface area (Å²) in [7, 11) is 0. The lowest BCUT2D eigenvalue weighted by Gasteiger charge is -2.34. The summed E-state index contributed by atoms with van der Waals surface area (Å²) in [6, 6.07) is 6.01. The van der Waals surface area contributed by atoms with Gasteiger partial charge in [-0.2, -0.15) is 0 Å². The summed E-state index contributed by atoms with van der Waals surface area (Å²) in [4.78, 5) is 38.0. The lowest BCUT2D eigenvalue weighted by atomic mass is 9.78. The molecule has 3 amide bonds. The van der Waals surface area contributed by atoms with Gasteiger partial charge in [-0.3, -0.25) is 19.7 Å². The Morgan fingerprint density at radius 2 is 2.00 bits per heavy atom. The van der Waals surface area contributed by atoms with Gasteiger partial charge in [0, 0.05) is 31.1 Å². The first-order valence-electron chi connectivity index (χ1n) is 10.8. The van der Waals surface area contributed by atoms with Crippen molar-refractivity contribution in [2.45, 2.75) is 57.3 Å². The maximum Gasteiger partial charge on any atom is 0.255 e. The van der Waals surface area contributed by atoms with Crippen molar-refractivity contribution >= 4 is 17.7 Å². The number of nitrogens with zero attached hydrogens (tertiary/aromatic N) is 1. The van der Waals surface area contributed by atoms with E-state index in [9.17, 15) is 14.4 Å². The van der Waals surface area contributed by atoms with Crippen LogP contribution in [-0.4, -0.2) is 47.8 Å². The van der Waals surface area contributed by atoms with Gasteiger partial charge < -0.3 is 15.5 Å². The number of piperidine rings is 1. The van der Waals surface area contributed by atoms with Crippen molar-refractivity contribution in [2.75, 3.05) is 13.1 Å². The molecule has 0 radical (unpaired) electrons. The van der Waals surface area contributed by atoms with Crippen LogP contribution in [0.5, 0.6) is 0 Å². The van der Waals surface area contributed by atoms with Crippen LogP contribution in [0.15, 0.2) is 18.2 Å². The van der Waals surface area contributed by atoms with Crippen LogP contribution < -0.4 is 16.0 Å². The number of nitrogens with one attached hydrogen (secondary N) is 3. The van der Waals surface area contributed by atoms with E-state index in [0.29, 0.717) is 24.6 Å². The van der Waals surface area contributed by atoms with Crippen molar-refractivity contribution in [3.05, 3.63) is 34.9 Å². The van der Waals surface area contributed by atoms with Crippen LogP contribution in [0.1, 0.15) is 53.6 Å². The molecule has 4 aliphatic rings. The topological polar surface area (TPSA) is 90.5 Å². The van der Waals surface area contributed by atoms with Crippen molar-refractivity contribution in [3.8, 4) is 0 Å². The summed E-state index contributed by atoms with van der Waals surface area (Å²) < 4.78 is 0. The van der Waals surface area contributed by atoms with Gasteiger partial charge in [0.05, 0.1) is 0 Å².